The summed E-state index contributed by atoms with van der Waals surface area (Å²) in [5.74, 6) is -0.183. The Labute approximate surface area is 185 Å². The molecule has 10 heteroatoms. The van der Waals surface area contributed by atoms with Crippen molar-refractivity contribution >= 4 is 32.4 Å². The van der Waals surface area contributed by atoms with E-state index in [-0.39, 0.29) is 10.8 Å². The Morgan fingerprint density at radius 2 is 1.77 bits per heavy atom. The molecule has 0 aliphatic rings. The lowest BCUT2D eigenvalue weighted by atomic mass is 9.99. The van der Waals surface area contributed by atoms with Crippen LogP contribution in [0.3, 0.4) is 0 Å². The van der Waals surface area contributed by atoms with Crippen molar-refractivity contribution in [2.75, 3.05) is 12.4 Å². The molecule has 0 aliphatic heterocycles. The topological polar surface area (TPSA) is 110 Å². The molecule has 3 aromatic rings. The van der Waals surface area contributed by atoms with Crippen molar-refractivity contribution in [3.8, 4) is 16.3 Å². The monoisotopic (exact) mass is 460 g/mol. The van der Waals surface area contributed by atoms with Gasteiger partial charge in [-0.15, -0.1) is 10.2 Å². The average molecular weight is 461 g/mol. The number of nitrogens with one attached hydrogen (secondary N) is 2. The normalized spacial score (nSPS) is 13.4. The first-order valence-electron chi connectivity index (χ1n) is 9.70. The molecule has 1 aromatic heterocycles. The molecular weight excluding hydrogens is 436 g/mol. The van der Waals surface area contributed by atoms with Crippen molar-refractivity contribution in [1.29, 1.82) is 0 Å². The van der Waals surface area contributed by atoms with Gasteiger partial charge in [-0.05, 0) is 30.2 Å². The van der Waals surface area contributed by atoms with Crippen LogP contribution in [0.1, 0.15) is 20.3 Å². The molecule has 0 aliphatic carbocycles. The number of nitrogens with zero attached hydrogens (tertiary/aromatic N) is 2. The summed E-state index contributed by atoms with van der Waals surface area (Å²) in [6.07, 6.45) is 0.606. The fourth-order valence-electron chi connectivity index (χ4n) is 2.81. The third-order valence-electron chi connectivity index (χ3n) is 4.82. The van der Waals surface area contributed by atoms with E-state index in [2.05, 4.69) is 20.2 Å². The first kappa shape index (κ1) is 22.9. The molecule has 0 bridgehead atoms. The summed E-state index contributed by atoms with van der Waals surface area (Å²) in [5, 5.41) is 11.8. The molecule has 0 fully saturated rings. The maximum Gasteiger partial charge on any atom is 0.244 e. The van der Waals surface area contributed by atoms with Crippen LogP contribution in [-0.2, 0) is 14.8 Å². The summed E-state index contributed by atoms with van der Waals surface area (Å²) < 4.78 is 33.3. The Morgan fingerprint density at radius 3 is 2.39 bits per heavy atom. The van der Waals surface area contributed by atoms with E-state index in [4.69, 9.17) is 4.74 Å². The van der Waals surface area contributed by atoms with Crippen molar-refractivity contribution in [2.24, 2.45) is 5.92 Å². The number of rotatable bonds is 9. The Balaban J connectivity index is 1.77. The lowest BCUT2D eigenvalue weighted by Gasteiger charge is -2.22. The highest BCUT2D eigenvalue weighted by atomic mass is 32.2. The number of benzene rings is 2. The highest BCUT2D eigenvalue weighted by molar-refractivity contribution is 7.89. The van der Waals surface area contributed by atoms with Crippen molar-refractivity contribution in [3.63, 3.8) is 0 Å². The molecule has 0 radical (unpaired) electrons. The van der Waals surface area contributed by atoms with Crippen molar-refractivity contribution < 1.29 is 17.9 Å². The summed E-state index contributed by atoms with van der Waals surface area (Å²) in [6, 6.07) is 14.5. The van der Waals surface area contributed by atoms with Crippen LogP contribution in [0.2, 0.25) is 0 Å². The molecule has 3 rings (SSSR count). The Morgan fingerprint density at radius 1 is 1.10 bits per heavy atom. The summed E-state index contributed by atoms with van der Waals surface area (Å²) in [4.78, 5) is 13.0. The number of anilines is 1. The second kappa shape index (κ2) is 9.99. The van der Waals surface area contributed by atoms with Crippen LogP contribution in [0.15, 0.2) is 59.5 Å². The first-order chi connectivity index (χ1) is 14.8. The minimum Gasteiger partial charge on any atom is -0.497 e. The number of sulfonamides is 1. The van der Waals surface area contributed by atoms with E-state index in [9.17, 15) is 13.2 Å². The predicted octanol–water partition coefficient (Wildman–Crippen LogP) is 3.55. The van der Waals surface area contributed by atoms with Crippen molar-refractivity contribution in [1.82, 2.24) is 14.9 Å². The number of carbonyl (C=O) groups excluding carboxylic acids is 1. The SMILES string of the molecule is CC[C@H](C)[C@@H](NS(=O)(=O)c1ccc(OC)cc1)C(=O)Nc1nnc(-c2ccccc2)s1. The van der Waals surface area contributed by atoms with Gasteiger partial charge in [-0.25, -0.2) is 8.42 Å². The molecule has 1 heterocycles. The largest absolute Gasteiger partial charge is 0.497 e. The van der Waals surface area contributed by atoms with Crippen LogP contribution in [0.4, 0.5) is 5.13 Å². The fourth-order valence-corrected chi connectivity index (χ4v) is 4.86. The van der Waals surface area contributed by atoms with E-state index in [1.54, 1.807) is 12.1 Å². The first-order valence-corrected chi connectivity index (χ1v) is 12.0. The highest BCUT2D eigenvalue weighted by Gasteiger charge is 2.30. The molecule has 31 heavy (non-hydrogen) atoms. The average Bonchev–Trinajstić information content (AvgIpc) is 3.26. The maximum absolute atomic E-state index is 12.9. The lowest BCUT2D eigenvalue weighted by Crippen LogP contribution is -2.47. The molecule has 8 nitrogen and oxygen atoms in total. The van der Waals surface area contributed by atoms with Gasteiger partial charge in [-0.2, -0.15) is 4.72 Å². The van der Waals surface area contributed by atoms with Crippen LogP contribution >= 0.6 is 11.3 Å². The number of aromatic nitrogens is 2. The van der Waals surface area contributed by atoms with Crippen LogP contribution in [0.5, 0.6) is 5.75 Å². The number of amides is 1. The van der Waals surface area contributed by atoms with Gasteiger partial charge in [-0.3, -0.25) is 10.1 Å². The van der Waals surface area contributed by atoms with E-state index in [1.807, 2.05) is 44.2 Å². The summed E-state index contributed by atoms with van der Waals surface area (Å²) in [7, 11) is -2.41. The quantitative estimate of drug-likeness (QED) is 0.505. The number of hydrogen-bond donors (Lipinski definition) is 2. The standard InChI is InChI=1S/C21H24N4O4S2/c1-4-14(2)18(25-31(27,28)17-12-10-16(29-3)11-13-17)19(26)22-21-24-23-20(30-21)15-8-6-5-7-9-15/h5-14,18,25H,4H2,1-3H3,(H,22,24,26)/t14-,18+/m0/s1. The van der Waals surface area contributed by atoms with Crippen molar-refractivity contribution in [3.05, 3.63) is 54.6 Å². The summed E-state index contributed by atoms with van der Waals surface area (Å²) in [5.41, 5.74) is 0.888. The van der Waals surface area contributed by atoms with Gasteiger partial charge in [-0.1, -0.05) is 61.9 Å². The molecule has 0 saturated carbocycles. The number of ether oxygens (including phenoxy) is 1. The molecule has 0 spiro atoms. The molecule has 164 valence electrons. The second-order valence-electron chi connectivity index (χ2n) is 6.93. The number of methoxy groups -OCH3 is 1. The highest BCUT2D eigenvalue weighted by Crippen LogP contribution is 2.26. The summed E-state index contributed by atoms with van der Waals surface area (Å²) >= 11 is 1.22. The summed E-state index contributed by atoms with van der Waals surface area (Å²) in [6.45, 7) is 3.71. The zero-order valence-corrected chi connectivity index (χ0v) is 19.0. The third kappa shape index (κ3) is 5.66. The van der Waals surface area contributed by atoms with Gasteiger partial charge in [0.15, 0.2) is 0 Å². The van der Waals surface area contributed by atoms with Crippen LogP contribution in [-0.4, -0.2) is 37.7 Å². The van der Waals surface area contributed by atoms with E-state index >= 15 is 0 Å². The van der Waals surface area contributed by atoms with Gasteiger partial charge >= 0.3 is 0 Å². The van der Waals surface area contributed by atoms with E-state index < -0.39 is 22.0 Å². The zero-order valence-electron chi connectivity index (χ0n) is 17.4. The van der Waals surface area contributed by atoms with Crippen LogP contribution < -0.4 is 14.8 Å². The number of hydrogen-bond acceptors (Lipinski definition) is 7. The van der Waals surface area contributed by atoms with E-state index in [0.29, 0.717) is 22.3 Å². The molecule has 2 N–H and O–H groups in total. The zero-order chi connectivity index (χ0) is 22.4. The minimum absolute atomic E-state index is 0.0525. The van der Waals surface area contributed by atoms with E-state index in [1.165, 1.54) is 30.6 Å². The Hall–Kier alpha value is -2.82. The second-order valence-corrected chi connectivity index (χ2v) is 9.62. The lowest BCUT2D eigenvalue weighted by molar-refractivity contribution is -0.118. The van der Waals surface area contributed by atoms with Crippen LogP contribution in [0.25, 0.3) is 10.6 Å². The molecule has 2 atom stereocenters. The van der Waals surface area contributed by atoms with Crippen LogP contribution in [0, 0.1) is 5.92 Å². The van der Waals surface area contributed by atoms with Gasteiger partial charge in [0.1, 0.15) is 16.8 Å². The minimum atomic E-state index is -3.91. The Bertz CT molecular complexity index is 1120. The predicted molar refractivity (Wildman–Crippen MR) is 121 cm³/mol. The molecule has 0 unspecified atom stereocenters. The fraction of sp³-hybridized carbons (Fsp3) is 0.286. The molecule has 0 saturated heterocycles. The van der Waals surface area contributed by atoms with E-state index in [0.717, 1.165) is 5.56 Å². The van der Waals surface area contributed by atoms with Gasteiger partial charge in [0.05, 0.1) is 12.0 Å². The molecule has 2 aromatic carbocycles. The molecular formula is C21H24N4O4S2. The molecule has 1 amide bonds. The smallest absolute Gasteiger partial charge is 0.244 e. The van der Waals surface area contributed by atoms with Crippen molar-refractivity contribution in [2.45, 2.75) is 31.2 Å². The third-order valence-corrected chi connectivity index (χ3v) is 7.17. The Kier molecular flexibility index (Phi) is 7.37. The van der Waals surface area contributed by atoms with Gasteiger partial charge in [0.25, 0.3) is 0 Å². The van der Waals surface area contributed by atoms with Gasteiger partial charge in [0, 0.05) is 5.56 Å². The van der Waals surface area contributed by atoms with Gasteiger partial charge in [0.2, 0.25) is 21.1 Å². The van der Waals surface area contributed by atoms with Gasteiger partial charge < -0.3 is 4.74 Å². The maximum atomic E-state index is 12.9. The number of carbonyl (C=O) groups is 1.